The van der Waals surface area contributed by atoms with Crippen molar-refractivity contribution in [1.29, 1.82) is 0 Å². The molecule has 0 bridgehead atoms. The van der Waals surface area contributed by atoms with Gasteiger partial charge in [-0.2, -0.15) is 18.3 Å². The fraction of sp³-hybridized carbons (Fsp3) is 0.0909. The van der Waals surface area contributed by atoms with E-state index in [-0.39, 0.29) is 5.69 Å². The Kier molecular flexibility index (Phi) is 6.37. The maximum absolute atomic E-state index is 13.0. The van der Waals surface area contributed by atoms with E-state index in [1.54, 1.807) is 60.4 Å². The Labute approximate surface area is 196 Å². The molecule has 0 aliphatic carbocycles. The molecule has 34 heavy (non-hydrogen) atoms. The van der Waals surface area contributed by atoms with Crippen LogP contribution in [0.5, 0.6) is 0 Å². The highest BCUT2D eigenvalue weighted by atomic mass is 35.5. The van der Waals surface area contributed by atoms with Crippen molar-refractivity contribution in [2.45, 2.75) is 13.1 Å². The largest absolute Gasteiger partial charge is 0.417 e. The summed E-state index contributed by atoms with van der Waals surface area (Å²) < 4.78 is 40.6. The molecule has 2 aromatic carbocycles. The molecule has 174 valence electrons. The number of carbonyl (C=O) groups is 1. The number of halogens is 4. The summed E-state index contributed by atoms with van der Waals surface area (Å²) in [5, 5.41) is 11.8. The van der Waals surface area contributed by atoms with Crippen LogP contribution in [0.4, 0.5) is 40.8 Å². The van der Waals surface area contributed by atoms with Crippen LogP contribution in [0, 0.1) is 6.92 Å². The number of hydrogen-bond donors (Lipinski definition) is 3. The van der Waals surface area contributed by atoms with Crippen molar-refractivity contribution in [2.75, 3.05) is 16.0 Å². The van der Waals surface area contributed by atoms with E-state index < -0.39 is 22.8 Å². The Morgan fingerprint density at radius 1 is 0.971 bits per heavy atom. The first-order chi connectivity index (χ1) is 16.2. The number of nitrogens with zero attached hydrogens (tertiary/aromatic N) is 4. The molecule has 0 saturated carbocycles. The number of benzene rings is 2. The van der Waals surface area contributed by atoms with E-state index in [4.69, 9.17) is 11.6 Å². The molecule has 0 atom stereocenters. The van der Waals surface area contributed by atoms with Gasteiger partial charge in [0.2, 0.25) is 0 Å². The van der Waals surface area contributed by atoms with Crippen molar-refractivity contribution >= 4 is 40.5 Å². The van der Waals surface area contributed by atoms with Crippen molar-refractivity contribution in [1.82, 2.24) is 19.7 Å². The first-order valence-corrected chi connectivity index (χ1v) is 10.2. The van der Waals surface area contributed by atoms with Gasteiger partial charge in [0.1, 0.15) is 11.6 Å². The number of nitrogens with one attached hydrogen (secondary N) is 3. The van der Waals surface area contributed by atoms with Crippen molar-refractivity contribution in [3.63, 3.8) is 0 Å². The van der Waals surface area contributed by atoms with Gasteiger partial charge in [-0.25, -0.2) is 19.4 Å². The summed E-state index contributed by atoms with van der Waals surface area (Å²) in [5.41, 5.74) is 0.0600. The number of urea groups is 1. The fourth-order valence-electron chi connectivity index (χ4n) is 3.04. The number of anilines is 4. The normalized spacial score (nSPS) is 11.2. The zero-order valence-corrected chi connectivity index (χ0v) is 18.3. The van der Waals surface area contributed by atoms with Crippen molar-refractivity contribution in [3.8, 4) is 5.82 Å². The molecule has 2 aromatic heterocycles. The molecule has 8 nitrogen and oxygen atoms in total. The van der Waals surface area contributed by atoms with E-state index in [2.05, 4.69) is 31.0 Å². The number of carbonyl (C=O) groups excluding carboxylic acids is 1. The molecule has 0 aliphatic rings. The molecular formula is C22H17ClF3N7O. The second-order valence-electron chi connectivity index (χ2n) is 7.08. The topological polar surface area (TPSA) is 96.8 Å². The van der Waals surface area contributed by atoms with E-state index in [0.717, 1.165) is 12.1 Å². The summed E-state index contributed by atoms with van der Waals surface area (Å²) in [6, 6.07) is 12.6. The van der Waals surface area contributed by atoms with Gasteiger partial charge in [-0.15, -0.1) is 0 Å². The molecule has 0 saturated heterocycles. The summed E-state index contributed by atoms with van der Waals surface area (Å²) in [5.74, 6) is 1.71. The Bertz CT molecular complexity index is 1310. The van der Waals surface area contributed by atoms with Gasteiger partial charge < -0.3 is 16.0 Å². The van der Waals surface area contributed by atoms with E-state index in [0.29, 0.717) is 28.8 Å². The average Bonchev–Trinajstić information content (AvgIpc) is 3.30. The number of rotatable bonds is 5. The lowest BCUT2D eigenvalue weighted by Crippen LogP contribution is -2.19. The summed E-state index contributed by atoms with van der Waals surface area (Å²) in [7, 11) is 0. The highest BCUT2D eigenvalue weighted by Gasteiger charge is 2.33. The first kappa shape index (κ1) is 23.1. The third-order valence-corrected chi connectivity index (χ3v) is 4.84. The minimum absolute atomic E-state index is 0.0420. The summed E-state index contributed by atoms with van der Waals surface area (Å²) in [6.45, 7) is 1.77. The maximum atomic E-state index is 13.0. The van der Waals surface area contributed by atoms with Crippen LogP contribution in [-0.4, -0.2) is 25.8 Å². The van der Waals surface area contributed by atoms with Crippen LogP contribution < -0.4 is 16.0 Å². The summed E-state index contributed by atoms with van der Waals surface area (Å²) >= 11 is 5.60. The van der Waals surface area contributed by atoms with Gasteiger partial charge in [0.25, 0.3) is 0 Å². The third kappa shape index (κ3) is 5.62. The highest BCUT2D eigenvalue weighted by molar-refractivity contribution is 6.31. The van der Waals surface area contributed by atoms with Crippen molar-refractivity contribution < 1.29 is 18.0 Å². The molecule has 0 fully saturated rings. The molecule has 4 aromatic rings. The minimum atomic E-state index is -4.63. The van der Waals surface area contributed by atoms with Crippen LogP contribution >= 0.6 is 11.6 Å². The molecule has 0 unspecified atom stereocenters. The number of hydrogen-bond acceptors (Lipinski definition) is 5. The van der Waals surface area contributed by atoms with Crippen molar-refractivity contribution in [2.24, 2.45) is 0 Å². The predicted octanol–water partition coefficient (Wildman–Crippen LogP) is 6.03. The molecule has 4 rings (SSSR count). The number of aryl methyl sites for hydroxylation is 1. The standard InChI is InChI=1S/C22H17ClF3N7O/c1-13-28-19(12-20(29-13)33-10-2-9-27-33)30-14-3-5-15(6-4-14)31-21(34)32-16-7-8-18(23)17(11-16)22(24,25)26/h2-12H,1H3,(H,28,29,30)(H2,31,32,34). The van der Waals surface area contributed by atoms with Crippen molar-refractivity contribution in [3.05, 3.63) is 83.4 Å². The van der Waals surface area contributed by atoms with Gasteiger partial charge in [-0.3, -0.25) is 0 Å². The molecule has 0 spiro atoms. The average molecular weight is 488 g/mol. The molecule has 3 N–H and O–H groups in total. The van der Waals surface area contributed by atoms with E-state index >= 15 is 0 Å². The highest BCUT2D eigenvalue weighted by Crippen LogP contribution is 2.36. The van der Waals surface area contributed by atoms with Gasteiger partial charge in [0, 0.05) is 35.5 Å². The molecule has 2 heterocycles. The Morgan fingerprint density at radius 2 is 1.65 bits per heavy atom. The van der Waals surface area contributed by atoms with E-state index in [1.165, 1.54) is 6.07 Å². The first-order valence-electron chi connectivity index (χ1n) is 9.85. The quantitative estimate of drug-likeness (QED) is 0.319. The van der Waals surface area contributed by atoms with E-state index in [1.807, 2.05) is 0 Å². The second kappa shape index (κ2) is 9.40. The molecular weight excluding hydrogens is 471 g/mol. The van der Waals surface area contributed by atoms with Gasteiger partial charge in [0.05, 0.1) is 10.6 Å². The minimum Gasteiger partial charge on any atom is -0.340 e. The lowest BCUT2D eigenvalue weighted by molar-refractivity contribution is -0.137. The summed E-state index contributed by atoms with van der Waals surface area (Å²) in [4.78, 5) is 20.9. The maximum Gasteiger partial charge on any atom is 0.417 e. The Morgan fingerprint density at radius 3 is 2.32 bits per heavy atom. The number of amides is 2. The number of alkyl halides is 3. The molecule has 12 heteroatoms. The SMILES string of the molecule is Cc1nc(Nc2ccc(NC(=O)Nc3ccc(Cl)c(C(F)(F)F)c3)cc2)cc(-n2cccn2)n1. The number of aromatic nitrogens is 4. The fourth-order valence-corrected chi connectivity index (χ4v) is 3.26. The zero-order valence-electron chi connectivity index (χ0n) is 17.6. The Hall–Kier alpha value is -4.12. The lowest BCUT2D eigenvalue weighted by Gasteiger charge is -2.13. The van der Waals surface area contributed by atoms with Gasteiger partial charge in [-0.1, -0.05) is 11.6 Å². The lowest BCUT2D eigenvalue weighted by atomic mass is 10.2. The monoisotopic (exact) mass is 487 g/mol. The van der Waals surface area contributed by atoms with Crippen LogP contribution in [0.1, 0.15) is 11.4 Å². The zero-order chi connectivity index (χ0) is 24.3. The van der Waals surface area contributed by atoms with Gasteiger partial charge >= 0.3 is 12.2 Å². The Balaban J connectivity index is 1.40. The third-order valence-electron chi connectivity index (χ3n) is 4.51. The van der Waals surface area contributed by atoms with Gasteiger partial charge in [0.15, 0.2) is 5.82 Å². The smallest absolute Gasteiger partial charge is 0.340 e. The molecule has 2 amide bonds. The van der Waals surface area contributed by atoms with Gasteiger partial charge in [-0.05, 0) is 55.5 Å². The van der Waals surface area contributed by atoms with Crippen LogP contribution in [0.3, 0.4) is 0 Å². The predicted molar refractivity (Wildman–Crippen MR) is 123 cm³/mol. The molecule has 0 radical (unpaired) electrons. The van der Waals surface area contributed by atoms with Crippen LogP contribution in [0.25, 0.3) is 5.82 Å². The van der Waals surface area contributed by atoms with E-state index in [9.17, 15) is 18.0 Å². The van der Waals surface area contributed by atoms with Crippen LogP contribution in [0.15, 0.2) is 67.0 Å². The second-order valence-corrected chi connectivity index (χ2v) is 7.49. The molecule has 0 aliphatic heterocycles. The van der Waals surface area contributed by atoms with Crippen LogP contribution in [0.2, 0.25) is 5.02 Å². The van der Waals surface area contributed by atoms with Crippen LogP contribution in [-0.2, 0) is 6.18 Å². The summed E-state index contributed by atoms with van der Waals surface area (Å²) in [6.07, 6.45) is -1.21.